The van der Waals surface area contributed by atoms with E-state index in [1.807, 2.05) is 12.1 Å². The van der Waals surface area contributed by atoms with Crippen molar-refractivity contribution in [3.8, 4) is 22.3 Å². The predicted octanol–water partition coefficient (Wildman–Crippen LogP) is 17.1. The van der Waals surface area contributed by atoms with Crippen molar-refractivity contribution in [2.75, 3.05) is 4.90 Å². The van der Waals surface area contributed by atoms with Crippen LogP contribution in [0.1, 0.15) is 56.2 Å². The van der Waals surface area contributed by atoms with Gasteiger partial charge in [0.05, 0.1) is 5.41 Å². The van der Waals surface area contributed by atoms with E-state index < -0.39 is 0 Å². The lowest BCUT2D eigenvalue weighted by Gasteiger charge is -2.39. The third-order valence-corrected chi connectivity index (χ3v) is 15.1. The van der Waals surface area contributed by atoms with Crippen LogP contribution < -0.4 is 4.90 Å². The van der Waals surface area contributed by atoms with Gasteiger partial charge in [0.2, 0.25) is 0 Å². The molecule has 1 heterocycles. The zero-order chi connectivity index (χ0) is 43.2. The average molecular weight is 836 g/mol. The van der Waals surface area contributed by atoms with E-state index in [0.29, 0.717) is 11.8 Å². The number of para-hydroxylation sites is 1. The fraction of sp³-hybridized carbons (Fsp3) is 0.143. The van der Waals surface area contributed by atoms with Crippen LogP contribution in [-0.4, -0.2) is 0 Å². The van der Waals surface area contributed by atoms with Crippen molar-refractivity contribution in [1.29, 1.82) is 0 Å². The summed E-state index contributed by atoms with van der Waals surface area (Å²) >= 11 is 0. The molecule has 65 heavy (non-hydrogen) atoms. The summed E-state index contributed by atoms with van der Waals surface area (Å²) in [5.74, 6) is 0.901. The van der Waals surface area contributed by atoms with Gasteiger partial charge in [0.1, 0.15) is 11.2 Å². The van der Waals surface area contributed by atoms with Gasteiger partial charge in [0, 0.05) is 27.8 Å². The van der Waals surface area contributed by atoms with Crippen molar-refractivity contribution >= 4 is 50.1 Å². The van der Waals surface area contributed by atoms with Gasteiger partial charge in [-0.1, -0.05) is 159 Å². The Morgan fingerprint density at radius 2 is 1.20 bits per heavy atom. The fourth-order valence-electron chi connectivity index (χ4n) is 12.2. The molecule has 0 amide bonds. The summed E-state index contributed by atoms with van der Waals surface area (Å²) in [7, 11) is 0. The lowest BCUT2D eigenvalue weighted by Crippen LogP contribution is -2.32. The summed E-state index contributed by atoms with van der Waals surface area (Å²) in [6.45, 7) is 4.89. The molecule has 3 atom stereocenters. The van der Waals surface area contributed by atoms with Gasteiger partial charge < -0.3 is 9.32 Å². The fourth-order valence-corrected chi connectivity index (χ4v) is 12.2. The number of hydrogen-bond acceptors (Lipinski definition) is 2. The molecule has 5 aliphatic rings. The average Bonchev–Trinajstić information content (AvgIpc) is 4.00. The molecule has 2 heteroatoms. The van der Waals surface area contributed by atoms with E-state index in [2.05, 4.69) is 207 Å². The van der Waals surface area contributed by atoms with E-state index in [1.165, 1.54) is 50.1 Å². The van der Waals surface area contributed by atoms with Crippen LogP contribution in [0, 0.1) is 11.8 Å². The molecule has 2 nitrogen and oxygen atoms in total. The van der Waals surface area contributed by atoms with Gasteiger partial charge in [-0.2, -0.15) is 0 Å². The first kappa shape index (κ1) is 38.1. The monoisotopic (exact) mass is 835 g/mol. The molecule has 5 aliphatic carbocycles. The highest BCUT2D eigenvalue weighted by Crippen LogP contribution is 2.68. The highest BCUT2D eigenvalue weighted by atomic mass is 16.3. The van der Waals surface area contributed by atoms with Gasteiger partial charge in [0.25, 0.3) is 0 Å². The van der Waals surface area contributed by atoms with Gasteiger partial charge in [-0.15, -0.1) is 0 Å². The molecule has 8 aromatic rings. The molecule has 0 fully saturated rings. The minimum atomic E-state index is -0.294. The second-order valence-electron chi connectivity index (χ2n) is 18.7. The molecule has 0 saturated heterocycles. The second-order valence-corrected chi connectivity index (χ2v) is 18.7. The highest BCUT2D eigenvalue weighted by Gasteiger charge is 2.57. The van der Waals surface area contributed by atoms with E-state index in [0.717, 1.165) is 75.8 Å². The normalized spacial score (nSPS) is 20.7. The van der Waals surface area contributed by atoms with E-state index in [9.17, 15) is 0 Å². The number of nitrogens with zero attached hydrogens (tertiary/aromatic N) is 1. The van der Waals surface area contributed by atoms with E-state index in [-0.39, 0.29) is 5.41 Å². The topological polar surface area (TPSA) is 16.4 Å². The van der Waals surface area contributed by atoms with E-state index in [4.69, 9.17) is 4.42 Å². The summed E-state index contributed by atoms with van der Waals surface area (Å²) in [6, 6.07) is 62.4. The van der Waals surface area contributed by atoms with Gasteiger partial charge >= 0.3 is 0 Å². The van der Waals surface area contributed by atoms with Crippen LogP contribution in [0.2, 0.25) is 0 Å². The number of anilines is 3. The van der Waals surface area contributed by atoms with Crippen LogP contribution in [0.25, 0.3) is 55.3 Å². The Morgan fingerprint density at radius 1 is 0.523 bits per heavy atom. The van der Waals surface area contributed by atoms with Crippen LogP contribution in [0.5, 0.6) is 0 Å². The number of benzene rings is 7. The Hall–Kier alpha value is -7.42. The zero-order valence-corrected chi connectivity index (χ0v) is 36.9. The summed E-state index contributed by atoms with van der Waals surface area (Å²) < 4.78 is 6.31. The molecule has 1 spiro atoms. The molecule has 0 aliphatic heterocycles. The summed E-state index contributed by atoms with van der Waals surface area (Å²) in [4.78, 5) is 2.43. The van der Waals surface area contributed by atoms with Gasteiger partial charge in [-0.05, 0) is 170 Å². The Kier molecular flexibility index (Phi) is 8.68. The second kappa shape index (κ2) is 14.8. The standard InChI is InChI=1S/C63H49NO/c1-40-14-12-24-57-60(40)53-20-6-9-22-55(53)63(57)56-23-10-7-21-54(56)61-41(2)26-36-50(62(61)63)46-17-13-18-49(38-46)64(47-32-27-43(28-33-47)42-15-4-3-5-16-42)48-34-29-44(30-35-48)45-31-37-52-51-19-8-11-25-58(51)65-59(52)39-45/h3-9,11-13,15-22,24-25,27-41H,10,14,23,26H2,1-2H3. The largest absolute Gasteiger partial charge is 0.456 e. The molecule has 7 aromatic carbocycles. The number of furan rings is 1. The lowest BCUT2D eigenvalue weighted by atomic mass is 9.62. The van der Waals surface area contributed by atoms with Gasteiger partial charge in [-0.3, -0.25) is 0 Å². The van der Waals surface area contributed by atoms with E-state index in [1.54, 1.807) is 16.7 Å². The Balaban J connectivity index is 0.949. The van der Waals surface area contributed by atoms with Crippen molar-refractivity contribution in [3.05, 3.63) is 245 Å². The minimum Gasteiger partial charge on any atom is -0.456 e. The van der Waals surface area contributed by atoms with Crippen LogP contribution >= 0.6 is 0 Å². The van der Waals surface area contributed by atoms with Gasteiger partial charge in [0.15, 0.2) is 0 Å². The quantitative estimate of drug-likeness (QED) is 0.166. The number of hydrogen-bond donors (Lipinski definition) is 0. The SMILES string of the molecule is CC1CC=C(c2cccc(N(c3ccc(-c4ccccc4)cc3)c3ccc(-c4ccc5c(c4)oc4ccccc45)cc3)c2)C2=C1C1=C(CCC=C1)C21C2=C(c3ccccc31)C(C)CC=C2. The molecule has 0 radical (unpaired) electrons. The number of allylic oxidation sites excluding steroid dienone is 12. The third-order valence-electron chi connectivity index (χ3n) is 15.1. The van der Waals surface area contributed by atoms with Crippen LogP contribution in [0.3, 0.4) is 0 Å². The predicted molar refractivity (Wildman–Crippen MR) is 271 cm³/mol. The summed E-state index contributed by atoms with van der Waals surface area (Å²) in [5, 5.41) is 2.30. The molecule has 13 rings (SSSR count). The lowest BCUT2D eigenvalue weighted by molar-refractivity contribution is 0.664. The maximum Gasteiger partial charge on any atom is 0.136 e. The molecule has 1 aromatic heterocycles. The van der Waals surface area contributed by atoms with Crippen molar-refractivity contribution in [2.45, 2.75) is 44.9 Å². The summed E-state index contributed by atoms with van der Waals surface area (Å²) in [6.07, 6.45) is 16.7. The Bertz CT molecular complexity index is 3440. The molecule has 0 bridgehead atoms. The smallest absolute Gasteiger partial charge is 0.136 e. The first-order chi connectivity index (χ1) is 32.1. The van der Waals surface area contributed by atoms with Crippen LogP contribution in [-0.2, 0) is 5.41 Å². The van der Waals surface area contributed by atoms with Gasteiger partial charge in [-0.25, -0.2) is 0 Å². The Labute approximate surface area is 381 Å². The molecular formula is C63H49NO. The third kappa shape index (κ3) is 5.73. The minimum absolute atomic E-state index is 0.294. The van der Waals surface area contributed by atoms with Crippen molar-refractivity contribution in [2.24, 2.45) is 11.8 Å². The molecule has 312 valence electrons. The first-order valence-electron chi connectivity index (χ1n) is 23.5. The number of rotatable bonds is 6. The molecule has 3 unspecified atom stereocenters. The van der Waals surface area contributed by atoms with Crippen LogP contribution in [0.15, 0.2) is 233 Å². The first-order valence-corrected chi connectivity index (χ1v) is 23.5. The number of fused-ring (bicyclic) bond motifs is 10. The molecule has 0 saturated carbocycles. The van der Waals surface area contributed by atoms with Crippen molar-refractivity contribution < 1.29 is 4.42 Å². The maximum atomic E-state index is 6.31. The molecular weight excluding hydrogens is 787 g/mol. The van der Waals surface area contributed by atoms with Crippen molar-refractivity contribution in [3.63, 3.8) is 0 Å². The molecule has 0 N–H and O–H groups in total. The summed E-state index contributed by atoms with van der Waals surface area (Å²) in [5.41, 5.74) is 24.4. The zero-order valence-electron chi connectivity index (χ0n) is 36.9. The van der Waals surface area contributed by atoms with Crippen LogP contribution in [0.4, 0.5) is 17.1 Å². The van der Waals surface area contributed by atoms with E-state index >= 15 is 0 Å². The highest BCUT2D eigenvalue weighted by molar-refractivity contribution is 6.06. The van der Waals surface area contributed by atoms with Crippen molar-refractivity contribution in [1.82, 2.24) is 0 Å². The maximum absolute atomic E-state index is 6.31. The Morgan fingerprint density at radius 3 is 2.03 bits per heavy atom.